The van der Waals surface area contributed by atoms with E-state index in [0.29, 0.717) is 6.54 Å². The highest BCUT2D eigenvalue weighted by Gasteiger charge is 2.10. The molecule has 1 unspecified atom stereocenters. The Bertz CT molecular complexity index is 536. The molecule has 0 aliphatic rings. The minimum absolute atomic E-state index is 0.0428. The molecule has 0 aliphatic heterocycles. The highest BCUT2D eigenvalue weighted by atomic mass is 16.2. The quantitative estimate of drug-likeness (QED) is 0.854. The molecule has 2 N–H and O–H groups in total. The summed E-state index contributed by atoms with van der Waals surface area (Å²) in [5.74, 6) is -0.0428. The van der Waals surface area contributed by atoms with Gasteiger partial charge in [0.15, 0.2) is 0 Å². The second-order valence-corrected chi connectivity index (χ2v) is 4.40. The summed E-state index contributed by atoms with van der Waals surface area (Å²) in [6.07, 6.45) is 3.66. The van der Waals surface area contributed by atoms with Crippen molar-refractivity contribution in [1.29, 1.82) is 0 Å². The maximum Gasteiger partial charge on any atom is 0.241 e. The van der Waals surface area contributed by atoms with Crippen LogP contribution in [0.4, 0.5) is 5.69 Å². The molecule has 100 valence electrons. The van der Waals surface area contributed by atoms with E-state index in [4.69, 9.17) is 0 Å². The Labute approximate surface area is 112 Å². The lowest BCUT2D eigenvalue weighted by atomic mass is 10.2. The topological polar surface area (TPSA) is 59.0 Å². The van der Waals surface area contributed by atoms with E-state index in [1.54, 1.807) is 13.2 Å². The average Bonchev–Trinajstić information content (AvgIpc) is 2.91. The highest BCUT2D eigenvalue weighted by molar-refractivity contribution is 5.94. The van der Waals surface area contributed by atoms with Crippen LogP contribution in [-0.2, 0) is 11.3 Å². The number of aromatic nitrogens is 2. The Kier molecular flexibility index (Phi) is 4.30. The van der Waals surface area contributed by atoms with E-state index >= 15 is 0 Å². The fourth-order valence-electron chi connectivity index (χ4n) is 1.71. The Morgan fingerprint density at radius 2 is 2.26 bits per heavy atom. The third-order valence-corrected chi connectivity index (χ3v) is 2.92. The molecule has 5 nitrogen and oxygen atoms in total. The molecular formula is C14H18N4O. The molecule has 0 radical (unpaired) electrons. The maximum absolute atomic E-state index is 11.8. The third-order valence-electron chi connectivity index (χ3n) is 2.92. The van der Waals surface area contributed by atoms with E-state index in [-0.39, 0.29) is 11.9 Å². The highest BCUT2D eigenvalue weighted by Crippen LogP contribution is 2.12. The molecule has 0 aliphatic carbocycles. The first-order chi connectivity index (χ1) is 9.19. The number of nitrogens with zero attached hydrogens (tertiary/aromatic N) is 2. The largest absolute Gasteiger partial charge is 0.325 e. The molecule has 1 aromatic heterocycles. The molecule has 2 aromatic rings. The first-order valence-corrected chi connectivity index (χ1v) is 6.23. The van der Waals surface area contributed by atoms with Crippen molar-refractivity contribution >= 4 is 11.6 Å². The fraction of sp³-hybridized carbons (Fsp3) is 0.286. The van der Waals surface area contributed by atoms with E-state index in [1.165, 1.54) is 0 Å². The van der Waals surface area contributed by atoms with Gasteiger partial charge in [-0.25, -0.2) is 0 Å². The zero-order valence-corrected chi connectivity index (χ0v) is 11.1. The minimum atomic E-state index is -0.213. The molecule has 1 amide bonds. The average molecular weight is 258 g/mol. The van der Waals surface area contributed by atoms with Gasteiger partial charge in [0.25, 0.3) is 0 Å². The molecule has 1 atom stereocenters. The zero-order chi connectivity index (χ0) is 13.7. The van der Waals surface area contributed by atoms with Gasteiger partial charge in [-0.15, -0.1) is 0 Å². The van der Waals surface area contributed by atoms with Crippen molar-refractivity contribution in [1.82, 2.24) is 15.1 Å². The second-order valence-electron chi connectivity index (χ2n) is 4.40. The normalized spacial score (nSPS) is 12.1. The Balaban J connectivity index is 2.05. The van der Waals surface area contributed by atoms with Crippen molar-refractivity contribution in [2.24, 2.45) is 0 Å². The van der Waals surface area contributed by atoms with Gasteiger partial charge in [-0.3, -0.25) is 9.48 Å². The predicted octanol–water partition coefficient (Wildman–Crippen LogP) is 1.48. The third kappa shape index (κ3) is 3.66. The van der Waals surface area contributed by atoms with Crippen LogP contribution in [0, 0.1) is 0 Å². The Morgan fingerprint density at radius 3 is 2.95 bits per heavy atom. The van der Waals surface area contributed by atoms with E-state index < -0.39 is 0 Å². The first kappa shape index (κ1) is 13.3. The van der Waals surface area contributed by atoms with Crippen LogP contribution in [0.2, 0.25) is 0 Å². The van der Waals surface area contributed by atoms with Crippen LogP contribution in [0.1, 0.15) is 12.5 Å². The molecular weight excluding hydrogens is 240 g/mol. The number of hydrogen-bond donors (Lipinski definition) is 2. The summed E-state index contributed by atoms with van der Waals surface area (Å²) in [4.78, 5) is 11.8. The number of likely N-dealkylation sites (N-methyl/N-ethyl adjacent to an activating group) is 1. The van der Waals surface area contributed by atoms with E-state index in [1.807, 2.05) is 48.1 Å². The monoisotopic (exact) mass is 258 g/mol. The molecule has 1 aromatic carbocycles. The molecule has 19 heavy (non-hydrogen) atoms. The van der Waals surface area contributed by atoms with Crippen LogP contribution >= 0.6 is 0 Å². The second kappa shape index (κ2) is 6.15. The summed E-state index contributed by atoms with van der Waals surface area (Å²) >= 11 is 0. The van der Waals surface area contributed by atoms with Gasteiger partial charge in [0.2, 0.25) is 5.91 Å². The van der Waals surface area contributed by atoms with E-state index in [2.05, 4.69) is 15.7 Å². The number of nitrogens with one attached hydrogen (secondary N) is 2. The van der Waals surface area contributed by atoms with Crippen LogP contribution in [0.3, 0.4) is 0 Å². The Hall–Kier alpha value is -2.14. The standard InChI is InChI=1S/C14H18N4O/c1-11(15-2)14(19)17-13-6-3-5-12(9-13)10-18-8-4-7-16-18/h3-9,11,15H,10H2,1-2H3,(H,17,19). The van der Waals surface area contributed by atoms with E-state index in [9.17, 15) is 4.79 Å². The van der Waals surface area contributed by atoms with Crippen molar-refractivity contribution in [2.75, 3.05) is 12.4 Å². The lowest BCUT2D eigenvalue weighted by molar-refractivity contribution is -0.117. The van der Waals surface area contributed by atoms with Gasteiger partial charge in [-0.1, -0.05) is 12.1 Å². The molecule has 1 heterocycles. The molecule has 2 rings (SSSR count). The van der Waals surface area contributed by atoms with Gasteiger partial charge in [-0.2, -0.15) is 5.10 Å². The van der Waals surface area contributed by atoms with Crippen molar-refractivity contribution in [2.45, 2.75) is 19.5 Å². The number of carbonyl (C=O) groups excluding carboxylic acids is 1. The van der Waals surface area contributed by atoms with Crippen LogP contribution in [-0.4, -0.2) is 28.8 Å². The van der Waals surface area contributed by atoms with Crippen LogP contribution in [0.5, 0.6) is 0 Å². The van der Waals surface area contributed by atoms with Gasteiger partial charge in [0.1, 0.15) is 0 Å². The van der Waals surface area contributed by atoms with Gasteiger partial charge in [0, 0.05) is 18.1 Å². The lowest BCUT2D eigenvalue weighted by Gasteiger charge is -2.12. The number of benzene rings is 1. The lowest BCUT2D eigenvalue weighted by Crippen LogP contribution is -2.35. The van der Waals surface area contributed by atoms with Crippen molar-refractivity contribution in [3.8, 4) is 0 Å². The maximum atomic E-state index is 11.8. The van der Waals surface area contributed by atoms with Gasteiger partial charge in [0.05, 0.1) is 12.6 Å². The summed E-state index contributed by atoms with van der Waals surface area (Å²) in [5, 5.41) is 9.95. The summed E-state index contributed by atoms with van der Waals surface area (Å²) in [5.41, 5.74) is 1.90. The van der Waals surface area contributed by atoms with Crippen LogP contribution < -0.4 is 10.6 Å². The molecule has 0 fully saturated rings. The summed E-state index contributed by atoms with van der Waals surface area (Å²) in [7, 11) is 1.76. The SMILES string of the molecule is CNC(C)C(=O)Nc1cccc(Cn2cccn2)c1. The van der Waals surface area contributed by atoms with Gasteiger partial charge in [-0.05, 0) is 37.7 Å². The number of anilines is 1. The minimum Gasteiger partial charge on any atom is -0.325 e. The smallest absolute Gasteiger partial charge is 0.241 e. The number of amides is 1. The molecule has 0 bridgehead atoms. The molecule has 5 heteroatoms. The zero-order valence-electron chi connectivity index (χ0n) is 11.1. The number of rotatable bonds is 5. The molecule has 0 saturated heterocycles. The summed E-state index contributed by atoms with van der Waals surface area (Å²) in [6.45, 7) is 2.52. The molecule has 0 saturated carbocycles. The van der Waals surface area contributed by atoms with Crippen molar-refractivity contribution in [3.05, 3.63) is 48.3 Å². The van der Waals surface area contributed by atoms with E-state index in [0.717, 1.165) is 11.3 Å². The van der Waals surface area contributed by atoms with Crippen LogP contribution in [0.25, 0.3) is 0 Å². The fourth-order valence-corrected chi connectivity index (χ4v) is 1.71. The van der Waals surface area contributed by atoms with Crippen molar-refractivity contribution < 1.29 is 4.79 Å². The first-order valence-electron chi connectivity index (χ1n) is 6.23. The summed E-state index contributed by atoms with van der Waals surface area (Å²) in [6, 6.07) is 9.46. The number of hydrogen-bond acceptors (Lipinski definition) is 3. The Morgan fingerprint density at radius 1 is 1.42 bits per heavy atom. The van der Waals surface area contributed by atoms with Gasteiger partial charge >= 0.3 is 0 Å². The molecule has 0 spiro atoms. The van der Waals surface area contributed by atoms with Crippen LogP contribution in [0.15, 0.2) is 42.7 Å². The van der Waals surface area contributed by atoms with Gasteiger partial charge < -0.3 is 10.6 Å². The predicted molar refractivity (Wildman–Crippen MR) is 74.9 cm³/mol. The summed E-state index contributed by atoms with van der Waals surface area (Å²) < 4.78 is 1.84. The number of carbonyl (C=O) groups is 1. The van der Waals surface area contributed by atoms with Crippen molar-refractivity contribution in [3.63, 3.8) is 0 Å².